The number of phenolic OH excluding ortho intramolecular Hbond substituents is 1. The Hall–Kier alpha value is -2.09. The van der Waals surface area contributed by atoms with Crippen LogP contribution in [0, 0.1) is 0 Å². The Bertz CT molecular complexity index is 727. The summed E-state index contributed by atoms with van der Waals surface area (Å²) in [5.41, 5.74) is 7.02. The van der Waals surface area contributed by atoms with E-state index in [9.17, 15) is 13.5 Å². The van der Waals surface area contributed by atoms with Gasteiger partial charge in [0.2, 0.25) is 10.0 Å². The SMILES string of the molecule is Nc1cc(S(=O)(=O)NCc2ccc(CO)cc2)ccc1O. The average Bonchev–Trinajstić information content (AvgIpc) is 2.48. The number of aliphatic hydroxyl groups excluding tert-OH is 1. The summed E-state index contributed by atoms with van der Waals surface area (Å²) in [4.78, 5) is -0.00946. The number of aromatic hydroxyl groups is 1. The number of hydrogen-bond acceptors (Lipinski definition) is 5. The van der Waals surface area contributed by atoms with Gasteiger partial charge in [-0.3, -0.25) is 0 Å². The molecular formula is C14H16N2O4S. The van der Waals surface area contributed by atoms with Gasteiger partial charge in [0.1, 0.15) is 5.75 Å². The molecule has 0 heterocycles. The van der Waals surface area contributed by atoms with Gasteiger partial charge in [-0.1, -0.05) is 24.3 Å². The highest BCUT2D eigenvalue weighted by atomic mass is 32.2. The lowest BCUT2D eigenvalue weighted by atomic mass is 10.1. The van der Waals surface area contributed by atoms with Gasteiger partial charge < -0.3 is 15.9 Å². The molecule has 0 unspecified atom stereocenters. The number of hydrogen-bond donors (Lipinski definition) is 4. The zero-order chi connectivity index (χ0) is 15.5. The maximum absolute atomic E-state index is 12.1. The van der Waals surface area contributed by atoms with Crippen LogP contribution < -0.4 is 10.5 Å². The number of phenols is 1. The lowest BCUT2D eigenvalue weighted by Crippen LogP contribution is -2.23. The van der Waals surface area contributed by atoms with E-state index in [4.69, 9.17) is 10.8 Å². The van der Waals surface area contributed by atoms with Crippen LogP contribution in [-0.2, 0) is 23.2 Å². The van der Waals surface area contributed by atoms with Crippen LogP contribution in [0.4, 0.5) is 5.69 Å². The molecule has 0 amide bonds. The zero-order valence-electron chi connectivity index (χ0n) is 11.2. The Morgan fingerprint density at radius 1 is 1.05 bits per heavy atom. The van der Waals surface area contributed by atoms with Crippen LogP contribution in [-0.4, -0.2) is 18.6 Å². The minimum absolute atomic E-state index is 0.00479. The van der Waals surface area contributed by atoms with E-state index in [1.807, 2.05) is 0 Å². The molecule has 7 heteroatoms. The van der Waals surface area contributed by atoms with Crippen molar-refractivity contribution >= 4 is 15.7 Å². The molecular weight excluding hydrogens is 292 g/mol. The van der Waals surface area contributed by atoms with Gasteiger partial charge in [-0.05, 0) is 29.3 Å². The topological polar surface area (TPSA) is 113 Å². The number of benzene rings is 2. The van der Waals surface area contributed by atoms with Gasteiger partial charge in [-0.2, -0.15) is 0 Å². The fraction of sp³-hybridized carbons (Fsp3) is 0.143. The van der Waals surface area contributed by atoms with E-state index in [1.54, 1.807) is 24.3 Å². The maximum atomic E-state index is 12.1. The molecule has 112 valence electrons. The second-order valence-corrected chi connectivity index (χ2v) is 6.29. The Morgan fingerprint density at radius 2 is 1.67 bits per heavy atom. The van der Waals surface area contributed by atoms with Crippen molar-refractivity contribution in [1.29, 1.82) is 0 Å². The van der Waals surface area contributed by atoms with Gasteiger partial charge in [-0.15, -0.1) is 0 Å². The average molecular weight is 308 g/mol. The molecule has 2 aromatic carbocycles. The van der Waals surface area contributed by atoms with Crippen LogP contribution in [0.2, 0.25) is 0 Å². The van der Waals surface area contributed by atoms with Crippen molar-refractivity contribution in [2.75, 3.05) is 5.73 Å². The Labute approximate surface area is 122 Å². The fourth-order valence-electron chi connectivity index (χ4n) is 1.72. The number of nitrogens with one attached hydrogen (secondary N) is 1. The highest BCUT2D eigenvalue weighted by Gasteiger charge is 2.15. The quantitative estimate of drug-likeness (QED) is 0.485. The number of rotatable bonds is 5. The third-order valence-corrected chi connectivity index (χ3v) is 4.38. The van der Waals surface area contributed by atoms with E-state index in [0.29, 0.717) is 0 Å². The first kappa shape index (κ1) is 15.3. The summed E-state index contributed by atoms with van der Waals surface area (Å²) >= 11 is 0. The van der Waals surface area contributed by atoms with Gasteiger partial charge in [-0.25, -0.2) is 13.1 Å². The molecule has 0 fully saturated rings. The number of aliphatic hydroxyl groups is 1. The van der Waals surface area contributed by atoms with Crippen LogP contribution in [0.25, 0.3) is 0 Å². The van der Waals surface area contributed by atoms with Gasteiger partial charge in [0.15, 0.2) is 0 Å². The first-order chi connectivity index (χ1) is 9.92. The summed E-state index contributed by atoms with van der Waals surface area (Å²) in [7, 11) is -3.70. The van der Waals surface area contributed by atoms with Crippen molar-refractivity contribution in [3.05, 3.63) is 53.6 Å². The molecule has 5 N–H and O–H groups in total. The van der Waals surface area contributed by atoms with E-state index < -0.39 is 10.0 Å². The normalized spacial score (nSPS) is 11.5. The molecule has 0 aliphatic carbocycles. The second-order valence-electron chi connectivity index (χ2n) is 4.52. The number of nitrogen functional groups attached to an aromatic ring is 1. The number of nitrogens with two attached hydrogens (primary N) is 1. The molecule has 2 rings (SSSR count). The first-order valence-corrected chi connectivity index (χ1v) is 7.67. The lowest BCUT2D eigenvalue weighted by molar-refractivity contribution is 0.282. The molecule has 0 saturated carbocycles. The molecule has 2 aromatic rings. The smallest absolute Gasteiger partial charge is 0.240 e. The number of sulfonamides is 1. The van der Waals surface area contributed by atoms with Crippen LogP contribution in [0.5, 0.6) is 5.75 Å². The van der Waals surface area contributed by atoms with Crippen molar-refractivity contribution in [2.24, 2.45) is 0 Å². The van der Waals surface area contributed by atoms with Crippen molar-refractivity contribution in [3.8, 4) is 5.75 Å². The summed E-state index contributed by atoms with van der Waals surface area (Å²) in [6.45, 7) is 0.0631. The monoisotopic (exact) mass is 308 g/mol. The van der Waals surface area contributed by atoms with Gasteiger partial charge >= 0.3 is 0 Å². The minimum atomic E-state index is -3.70. The standard InChI is InChI=1S/C14H16N2O4S/c15-13-7-12(5-6-14(13)18)21(19,20)16-8-10-1-3-11(9-17)4-2-10/h1-7,16-18H,8-9,15H2. The van der Waals surface area contributed by atoms with E-state index in [2.05, 4.69) is 4.72 Å². The van der Waals surface area contributed by atoms with Crippen molar-refractivity contribution in [2.45, 2.75) is 18.0 Å². The van der Waals surface area contributed by atoms with Crippen molar-refractivity contribution in [1.82, 2.24) is 4.72 Å². The molecule has 0 aliphatic heterocycles. The fourth-order valence-corrected chi connectivity index (χ4v) is 2.78. The third-order valence-electron chi connectivity index (χ3n) is 2.98. The Morgan fingerprint density at radius 3 is 2.24 bits per heavy atom. The van der Waals surface area contributed by atoms with E-state index in [1.165, 1.54) is 18.2 Å². The van der Waals surface area contributed by atoms with Crippen LogP contribution in [0.3, 0.4) is 0 Å². The molecule has 0 atom stereocenters. The summed E-state index contributed by atoms with van der Waals surface area (Å²) in [5.74, 6) is -0.159. The maximum Gasteiger partial charge on any atom is 0.240 e. The van der Waals surface area contributed by atoms with E-state index >= 15 is 0 Å². The lowest BCUT2D eigenvalue weighted by Gasteiger charge is -2.08. The molecule has 0 aromatic heterocycles. The predicted octanol–water partition coefficient (Wildman–Crippen LogP) is 0.945. The molecule has 21 heavy (non-hydrogen) atoms. The number of anilines is 1. The van der Waals surface area contributed by atoms with Gasteiger partial charge in [0, 0.05) is 6.54 Å². The molecule has 0 aliphatic rings. The Kier molecular flexibility index (Phi) is 4.46. The highest BCUT2D eigenvalue weighted by molar-refractivity contribution is 7.89. The Balaban J connectivity index is 2.11. The molecule has 0 saturated heterocycles. The summed E-state index contributed by atoms with van der Waals surface area (Å²) in [6, 6.07) is 10.6. The summed E-state index contributed by atoms with van der Waals surface area (Å²) < 4.78 is 26.7. The predicted molar refractivity (Wildman–Crippen MR) is 78.9 cm³/mol. The van der Waals surface area contributed by atoms with Crippen LogP contribution in [0.1, 0.15) is 11.1 Å². The highest BCUT2D eigenvalue weighted by Crippen LogP contribution is 2.23. The minimum Gasteiger partial charge on any atom is -0.506 e. The molecule has 0 spiro atoms. The van der Waals surface area contributed by atoms with Crippen LogP contribution in [0.15, 0.2) is 47.4 Å². The largest absolute Gasteiger partial charge is 0.506 e. The first-order valence-electron chi connectivity index (χ1n) is 6.19. The van der Waals surface area contributed by atoms with Gasteiger partial charge in [0.05, 0.1) is 17.2 Å². The van der Waals surface area contributed by atoms with Crippen molar-refractivity contribution < 1.29 is 18.6 Å². The second kappa shape index (κ2) is 6.13. The van der Waals surface area contributed by atoms with Crippen LogP contribution >= 0.6 is 0 Å². The zero-order valence-corrected chi connectivity index (χ0v) is 12.0. The van der Waals surface area contributed by atoms with Gasteiger partial charge in [0.25, 0.3) is 0 Å². The molecule has 0 bridgehead atoms. The van der Waals surface area contributed by atoms with E-state index in [0.717, 1.165) is 11.1 Å². The van der Waals surface area contributed by atoms with Crippen molar-refractivity contribution in [3.63, 3.8) is 0 Å². The summed E-state index contributed by atoms with van der Waals surface area (Å²) in [5, 5.41) is 18.2. The molecule has 0 radical (unpaired) electrons. The molecule has 6 nitrogen and oxygen atoms in total. The van der Waals surface area contributed by atoms with E-state index in [-0.39, 0.29) is 29.5 Å². The third kappa shape index (κ3) is 3.72. The summed E-state index contributed by atoms with van der Waals surface area (Å²) in [6.07, 6.45) is 0.